The molecule has 1 atom stereocenters. The lowest BCUT2D eigenvalue weighted by Gasteiger charge is -2.28. The molecule has 4 heterocycles. The highest BCUT2D eigenvalue weighted by Gasteiger charge is 2.27. The predicted molar refractivity (Wildman–Crippen MR) is 104 cm³/mol. The first kappa shape index (κ1) is 17.6. The fraction of sp³-hybridized carbons (Fsp3) is 0.412. The lowest BCUT2D eigenvalue weighted by Crippen LogP contribution is -2.39. The standard InChI is InChI=1S/C17H19BrN6OS/c1-23(9-13-4-3-7-24(13)15-5-2-6-19-21-15)10-16-20-17(22-25-16)14-8-12(18)11-26-14/h2,5-6,8,11,13H,3-4,7,9-10H2,1H3. The molecule has 0 aromatic carbocycles. The van der Waals surface area contributed by atoms with Gasteiger partial charge in [-0.15, -0.1) is 16.4 Å². The van der Waals surface area contributed by atoms with Gasteiger partial charge in [-0.25, -0.2) is 0 Å². The summed E-state index contributed by atoms with van der Waals surface area (Å²) in [5.74, 6) is 2.23. The minimum Gasteiger partial charge on any atom is -0.351 e. The Morgan fingerprint density at radius 1 is 1.46 bits per heavy atom. The molecule has 26 heavy (non-hydrogen) atoms. The molecule has 0 aliphatic carbocycles. The van der Waals surface area contributed by atoms with Crippen molar-refractivity contribution in [2.45, 2.75) is 25.4 Å². The number of likely N-dealkylation sites (N-methyl/N-ethyl adjacent to an activating group) is 1. The molecule has 3 aromatic heterocycles. The fourth-order valence-electron chi connectivity index (χ4n) is 3.28. The van der Waals surface area contributed by atoms with Crippen LogP contribution >= 0.6 is 27.3 Å². The normalized spacial score (nSPS) is 17.3. The Morgan fingerprint density at radius 3 is 3.15 bits per heavy atom. The van der Waals surface area contributed by atoms with Crippen LogP contribution in [0.1, 0.15) is 18.7 Å². The molecule has 4 rings (SSSR count). The van der Waals surface area contributed by atoms with Crippen molar-refractivity contribution in [3.63, 3.8) is 0 Å². The van der Waals surface area contributed by atoms with Crippen molar-refractivity contribution >= 4 is 33.1 Å². The van der Waals surface area contributed by atoms with E-state index in [4.69, 9.17) is 4.52 Å². The van der Waals surface area contributed by atoms with Gasteiger partial charge in [0.1, 0.15) is 0 Å². The van der Waals surface area contributed by atoms with Crippen molar-refractivity contribution in [3.8, 4) is 10.7 Å². The molecule has 1 fully saturated rings. The number of rotatable bonds is 6. The third kappa shape index (κ3) is 3.94. The molecule has 1 aliphatic rings. The van der Waals surface area contributed by atoms with E-state index in [1.165, 1.54) is 6.42 Å². The molecule has 1 unspecified atom stereocenters. The van der Waals surface area contributed by atoms with Crippen LogP contribution < -0.4 is 4.90 Å². The van der Waals surface area contributed by atoms with E-state index < -0.39 is 0 Å². The quantitative estimate of drug-likeness (QED) is 0.587. The average molecular weight is 435 g/mol. The van der Waals surface area contributed by atoms with Gasteiger partial charge in [-0.2, -0.15) is 10.1 Å². The topological polar surface area (TPSA) is 71.2 Å². The van der Waals surface area contributed by atoms with Crippen molar-refractivity contribution < 1.29 is 4.52 Å². The van der Waals surface area contributed by atoms with Gasteiger partial charge in [0.15, 0.2) is 5.82 Å². The highest BCUT2D eigenvalue weighted by Crippen LogP contribution is 2.28. The Bertz CT molecular complexity index is 854. The summed E-state index contributed by atoms with van der Waals surface area (Å²) in [6.07, 6.45) is 4.03. The second kappa shape index (κ2) is 7.81. The Morgan fingerprint density at radius 2 is 2.38 bits per heavy atom. The van der Waals surface area contributed by atoms with E-state index in [0.29, 0.717) is 24.3 Å². The van der Waals surface area contributed by atoms with E-state index in [0.717, 1.165) is 34.7 Å². The Hall–Kier alpha value is -1.84. The molecule has 0 radical (unpaired) electrons. The molecule has 9 heteroatoms. The van der Waals surface area contributed by atoms with Gasteiger partial charge in [0.05, 0.1) is 11.4 Å². The van der Waals surface area contributed by atoms with Gasteiger partial charge in [-0.1, -0.05) is 5.16 Å². The van der Waals surface area contributed by atoms with E-state index >= 15 is 0 Å². The summed E-state index contributed by atoms with van der Waals surface area (Å²) < 4.78 is 6.46. The van der Waals surface area contributed by atoms with Crippen LogP contribution in [-0.2, 0) is 6.54 Å². The number of halogens is 1. The third-order valence-electron chi connectivity index (χ3n) is 4.41. The van der Waals surface area contributed by atoms with Crippen LogP contribution in [0.4, 0.5) is 5.82 Å². The highest BCUT2D eigenvalue weighted by molar-refractivity contribution is 9.10. The lowest BCUT2D eigenvalue weighted by molar-refractivity contribution is 0.254. The van der Waals surface area contributed by atoms with Crippen molar-refractivity contribution in [2.24, 2.45) is 0 Å². The number of aromatic nitrogens is 4. The van der Waals surface area contributed by atoms with Gasteiger partial charge >= 0.3 is 0 Å². The number of anilines is 1. The number of thiophene rings is 1. The molecular weight excluding hydrogens is 416 g/mol. The second-order valence-electron chi connectivity index (χ2n) is 6.41. The van der Waals surface area contributed by atoms with Crippen LogP contribution in [0.5, 0.6) is 0 Å². The molecule has 1 aliphatic heterocycles. The predicted octanol–water partition coefficient (Wildman–Crippen LogP) is 3.45. The monoisotopic (exact) mass is 434 g/mol. The van der Waals surface area contributed by atoms with E-state index in [1.807, 2.05) is 23.6 Å². The largest absolute Gasteiger partial charge is 0.351 e. The Balaban J connectivity index is 1.38. The summed E-state index contributed by atoms with van der Waals surface area (Å²) in [5, 5.41) is 14.4. The molecule has 136 valence electrons. The molecule has 0 saturated carbocycles. The first-order chi connectivity index (χ1) is 12.7. The van der Waals surface area contributed by atoms with E-state index in [-0.39, 0.29) is 0 Å². The summed E-state index contributed by atoms with van der Waals surface area (Å²) in [4.78, 5) is 10.1. The zero-order chi connectivity index (χ0) is 17.9. The molecule has 0 bridgehead atoms. The number of hydrogen-bond donors (Lipinski definition) is 0. The van der Waals surface area contributed by atoms with Gasteiger partial charge in [0.25, 0.3) is 0 Å². The smallest absolute Gasteiger partial charge is 0.241 e. The number of nitrogens with zero attached hydrogens (tertiary/aromatic N) is 6. The maximum Gasteiger partial charge on any atom is 0.241 e. The molecule has 0 spiro atoms. The molecule has 7 nitrogen and oxygen atoms in total. The molecule has 0 N–H and O–H groups in total. The van der Waals surface area contributed by atoms with Crippen LogP contribution in [0.25, 0.3) is 10.7 Å². The summed E-state index contributed by atoms with van der Waals surface area (Å²) in [7, 11) is 2.08. The highest BCUT2D eigenvalue weighted by atomic mass is 79.9. The molecular formula is C17H19BrN6OS. The van der Waals surface area contributed by atoms with Gasteiger partial charge in [0, 0.05) is 35.2 Å². The molecule has 3 aromatic rings. The minimum atomic E-state index is 0.423. The van der Waals surface area contributed by atoms with E-state index in [1.54, 1.807) is 17.5 Å². The van der Waals surface area contributed by atoms with Crippen LogP contribution in [0.15, 0.2) is 38.8 Å². The Kier molecular flexibility index (Phi) is 5.28. The fourth-order valence-corrected chi connectivity index (χ4v) is 4.63. The first-order valence-electron chi connectivity index (χ1n) is 8.49. The maximum absolute atomic E-state index is 5.43. The summed E-state index contributed by atoms with van der Waals surface area (Å²) >= 11 is 5.05. The van der Waals surface area contributed by atoms with Gasteiger partial charge in [0.2, 0.25) is 11.7 Å². The minimum absolute atomic E-state index is 0.423. The molecule has 1 saturated heterocycles. The van der Waals surface area contributed by atoms with Crippen LogP contribution in [0.2, 0.25) is 0 Å². The van der Waals surface area contributed by atoms with Crippen molar-refractivity contribution in [1.82, 2.24) is 25.2 Å². The van der Waals surface area contributed by atoms with Crippen LogP contribution in [0, 0.1) is 0 Å². The SMILES string of the molecule is CN(Cc1nc(-c2cc(Br)cs2)no1)CC1CCCN1c1cccnn1. The summed E-state index contributed by atoms with van der Waals surface area (Å²) in [6, 6.07) is 6.38. The lowest BCUT2D eigenvalue weighted by atomic mass is 10.2. The van der Waals surface area contributed by atoms with Gasteiger partial charge in [-0.3, -0.25) is 4.90 Å². The third-order valence-corrected chi connectivity index (χ3v) is 6.10. The van der Waals surface area contributed by atoms with Gasteiger partial charge < -0.3 is 9.42 Å². The zero-order valence-electron chi connectivity index (χ0n) is 14.4. The number of hydrogen-bond acceptors (Lipinski definition) is 8. The first-order valence-corrected chi connectivity index (χ1v) is 10.2. The molecule has 0 amide bonds. The zero-order valence-corrected chi connectivity index (χ0v) is 16.8. The maximum atomic E-state index is 5.43. The summed E-state index contributed by atoms with van der Waals surface area (Å²) in [5.41, 5.74) is 0. The van der Waals surface area contributed by atoms with Crippen LogP contribution in [-0.4, -0.2) is 51.4 Å². The van der Waals surface area contributed by atoms with Crippen molar-refractivity contribution in [2.75, 3.05) is 25.0 Å². The summed E-state index contributed by atoms with van der Waals surface area (Å²) in [6.45, 7) is 2.57. The van der Waals surface area contributed by atoms with Crippen molar-refractivity contribution in [3.05, 3.63) is 40.1 Å². The van der Waals surface area contributed by atoms with Crippen LogP contribution in [0.3, 0.4) is 0 Å². The van der Waals surface area contributed by atoms with E-state index in [9.17, 15) is 0 Å². The van der Waals surface area contributed by atoms with E-state index in [2.05, 4.69) is 53.1 Å². The second-order valence-corrected chi connectivity index (χ2v) is 8.24. The average Bonchev–Trinajstić information content (AvgIpc) is 3.37. The van der Waals surface area contributed by atoms with Gasteiger partial charge in [-0.05, 0) is 54.0 Å². The van der Waals surface area contributed by atoms with Crippen molar-refractivity contribution in [1.29, 1.82) is 0 Å². The Labute approximate surface area is 164 Å².